The molecule has 25 heavy (non-hydrogen) atoms. The van der Waals surface area contributed by atoms with Gasteiger partial charge in [-0.3, -0.25) is 9.69 Å². The fourth-order valence-corrected chi connectivity index (χ4v) is 3.45. The SMILES string of the molecule is CCOc1cccc2c1OCCCCCNC(=O)CN(C1CCC1)C2. The van der Waals surface area contributed by atoms with Gasteiger partial charge in [0, 0.05) is 24.7 Å². The minimum absolute atomic E-state index is 0.134. The number of fused-ring (bicyclic) bond motifs is 1. The molecule has 0 atom stereocenters. The number of para-hydroxylation sites is 1. The topological polar surface area (TPSA) is 50.8 Å². The van der Waals surface area contributed by atoms with Crippen LogP contribution in [0.3, 0.4) is 0 Å². The standard InChI is InChI=1S/C20H30N2O3/c1-2-24-18-11-6-8-16-14-22(17-9-7-10-17)15-19(23)21-12-4-3-5-13-25-20(16)18/h6,8,11,17H,2-5,7,9-10,12-15H2,1H3,(H,21,23). The molecule has 0 spiro atoms. The first-order chi connectivity index (χ1) is 12.3. The van der Waals surface area contributed by atoms with Gasteiger partial charge in [-0.2, -0.15) is 0 Å². The number of benzene rings is 1. The monoisotopic (exact) mass is 346 g/mol. The van der Waals surface area contributed by atoms with E-state index < -0.39 is 0 Å². The van der Waals surface area contributed by atoms with Crippen LogP contribution in [0.25, 0.3) is 0 Å². The van der Waals surface area contributed by atoms with Crippen LogP contribution < -0.4 is 14.8 Å². The lowest BCUT2D eigenvalue weighted by Gasteiger charge is -2.37. The number of hydrogen-bond acceptors (Lipinski definition) is 4. The zero-order chi connectivity index (χ0) is 17.5. The van der Waals surface area contributed by atoms with Crippen molar-refractivity contribution < 1.29 is 14.3 Å². The molecule has 5 nitrogen and oxygen atoms in total. The summed E-state index contributed by atoms with van der Waals surface area (Å²) >= 11 is 0. The maximum absolute atomic E-state index is 12.3. The van der Waals surface area contributed by atoms with Crippen molar-refractivity contribution in [3.8, 4) is 11.5 Å². The van der Waals surface area contributed by atoms with E-state index in [1.54, 1.807) is 0 Å². The summed E-state index contributed by atoms with van der Waals surface area (Å²) in [6.07, 6.45) is 6.65. The van der Waals surface area contributed by atoms with Crippen molar-refractivity contribution in [2.75, 3.05) is 26.3 Å². The van der Waals surface area contributed by atoms with Crippen LogP contribution in [-0.4, -0.2) is 43.2 Å². The molecular formula is C20H30N2O3. The van der Waals surface area contributed by atoms with Crippen molar-refractivity contribution in [3.05, 3.63) is 23.8 Å². The van der Waals surface area contributed by atoms with Crippen LogP contribution in [-0.2, 0) is 11.3 Å². The van der Waals surface area contributed by atoms with Crippen molar-refractivity contribution >= 4 is 5.91 Å². The van der Waals surface area contributed by atoms with Gasteiger partial charge >= 0.3 is 0 Å². The first kappa shape index (κ1) is 18.1. The van der Waals surface area contributed by atoms with Gasteiger partial charge in [-0.15, -0.1) is 0 Å². The molecular weight excluding hydrogens is 316 g/mol. The summed E-state index contributed by atoms with van der Waals surface area (Å²) in [5.41, 5.74) is 1.12. The van der Waals surface area contributed by atoms with E-state index in [0.29, 0.717) is 25.8 Å². The van der Waals surface area contributed by atoms with Gasteiger partial charge in [0.2, 0.25) is 5.91 Å². The second-order valence-corrected chi connectivity index (χ2v) is 6.93. The number of rotatable bonds is 3. The Hall–Kier alpha value is -1.75. The second-order valence-electron chi connectivity index (χ2n) is 6.93. The van der Waals surface area contributed by atoms with Gasteiger partial charge in [0.15, 0.2) is 11.5 Å². The molecule has 0 bridgehead atoms. The van der Waals surface area contributed by atoms with Gasteiger partial charge in [-0.25, -0.2) is 0 Å². The van der Waals surface area contributed by atoms with E-state index in [1.807, 2.05) is 19.1 Å². The maximum Gasteiger partial charge on any atom is 0.234 e. The molecule has 3 rings (SSSR count). The Bertz CT molecular complexity index is 572. The Morgan fingerprint density at radius 2 is 2.08 bits per heavy atom. The number of carbonyl (C=O) groups excluding carboxylic acids is 1. The normalized spacial score (nSPS) is 20.8. The van der Waals surface area contributed by atoms with Crippen LogP contribution >= 0.6 is 0 Å². The minimum atomic E-state index is 0.134. The smallest absolute Gasteiger partial charge is 0.234 e. The zero-order valence-electron chi connectivity index (χ0n) is 15.3. The summed E-state index contributed by atoms with van der Waals surface area (Å²) in [5, 5.41) is 3.06. The molecule has 2 aliphatic rings. The molecule has 1 aliphatic carbocycles. The summed E-state index contributed by atoms with van der Waals surface area (Å²) in [5.74, 6) is 1.80. The lowest BCUT2D eigenvalue weighted by Crippen LogP contribution is -2.45. The van der Waals surface area contributed by atoms with E-state index in [4.69, 9.17) is 9.47 Å². The second kappa shape index (κ2) is 9.09. The lowest BCUT2D eigenvalue weighted by atomic mass is 9.91. The van der Waals surface area contributed by atoms with E-state index in [1.165, 1.54) is 19.3 Å². The number of carbonyl (C=O) groups is 1. The third-order valence-electron chi connectivity index (χ3n) is 5.06. The van der Waals surface area contributed by atoms with Crippen LogP contribution in [0, 0.1) is 0 Å². The minimum Gasteiger partial charge on any atom is -0.490 e. The largest absolute Gasteiger partial charge is 0.490 e. The third kappa shape index (κ3) is 4.88. The molecule has 1 aromatic rings. The molecule has 1 aromatic carbocycles. The highest BCUT2D eigenvalue weighted by molar-refractivity contribution is 5.78. The summed E-state index contributed by atoms with van der Waals surface area (Å²) in [6.45, 7) is 5.25. The van der Waals surface area contributed by atoms with Crippen LogP contribution in [0.1, 0.15) is 51.0 Å². The quantitative estimate of drug-likeness (QED) is 0.914. The number of nitrogens with zero attached hydrogens (tertiary/aromatic N) is 1. The lowest BCUT2D eigenvalue weighted by molar-refractivity contribution is -0.123. The Kier molecular flexibility index (Phi) is 6.56. The van der Waals surface area contributed by atoms with E-state index in [2.05, 4.69) is 16.3 Å². The average Bonchev–Trinajstić information content (AvgIpc) is 2.55. The first-order valence-electron chi connectivity index (χ1n) is 9.66. The van der Waals surface area contributed by atoms with Crippen LogP contribution in [0.5, 0.6) is 11.5 Å². The Morgan fingerprint density at radius 3 is 2.84 bits per heavy atom. The summed E-state index contributed by atoms with van der Waals surface area (Å²) < 4.78 is 11.9. The van der Waals surface area contributed by atoms with E-state index in [-0.39, 0.29) is 5.91 Å². The highest BCUT2D eigenvalue weighted by atomic mass is 16.5. The van der Waals surface area contributed by atoms with Crippen LogP contribution in [0.15, 0.2) is 18.2 Å². The molecule has 5 heteroatoms. The third-order valence-corrected chi connectivity index (χ3v) is 5.06. The van der Waals surface area contributed by atoms with Crippen LogP contribution in [0.2, 0.25) is 0 Å². The highest BCUT2D eigenvalue weighted by Gasteiger charge is 2.28. The van der Waals surface area contributed by atoms with Crippen molar-refractivity contribution in [1.82, 2.24) is 10.2 Å². The molecule has 138 valence electrons. The molecule has 0 saturated heterocycles. The van der Waals surface area contributed by atoms with Crippen LogP contribution in [0.4, 0.5) is 0 Å². The molecule has 1 N–H and O–H groups in total. The van der Waals surface area contributed by atoms with E-state index in [0.717, 1.165) is 49.4 Å². The molecule has 0 radical (unpaired) electrons. The average molecular weight is 346 g/mol. The van der Waals surface area contributed by atoms with Gasteiger partial charge in [0.1, 0.15) is 0 Å². The first-order valence-corrected chi connectivity index (χ1v) is 9.66. The number of hydrogen-bond donors (Lipinski definition) is 1. The highest BCUT2D eigenvalue weighted by Crippen LogP contribution is 2.34. The Morgan fingerprint density at radius 1 is 1.20 bits per heavy atom. The summed E-state index contributed by atoms with van der Waals surface area (Å²) in [6, 6.07) is 6.59. The molecule has 1 aliphatic heterocycles. The van der Waals surface area contributed by atoms with Crippen molar-refractivity contribution in [3.63, 3.8) is 0 Å². The van der Waals surface area contributed by atoms with E-state index in [9.17, 15) is 4.79 Å². The van der Waals surface area contributed by atoms with Gasteiger partial charge in [-0.05, 0) is 45.1 Å². The van der Waals surface area contributed by atoms with Crippen molar-refractivity contribution in [2.24, 2.45) is 0 Å². The molecule has 0 unspecified atom stereocenters. The summed E-state index contributed by atoms with van der Waals surface area (Å²) in [4.78, 5) is 14.6. The maximum atomic E-state index is 12.3. The predicted molar refractivity (Wildman–Crippen MR) is 98.0 cm³/mol. The van der Waals surface area contributed by atoms with Gasteiger partial charge in [-0.1, -0.05) is 18.6 Å². The molecule has 0 aromatic heterocycles. The van der Waals surface area contributed by atoms with Gasteiger partial charge < -0.3 is 14.8 Å². The molecule has 1 fully saturated rings. The molecule has 1 amide bonds. The number of nitrogens with one attached hydrogen (secondary N) is 1. The predicted octanol–water partition coefficient (Wildman–Crippen LogP) is 3.12. The zero-order valence-corrected chi connectivity index (χ0v) is 15.3. The van der Waals surface area contributed by atoms with Crippen molar-refractivity contribution in [2.45, 2.75) is 58.0 Å². The van der Waals surface area contributed by atoms with Crippen molar-refractivity contribution in [1.29, 1.82) is 0 Å². The van der Waals surface area contributed by atoms with E-state index >= 15 is 0 Å². The number of ether oxygens (including phenoxy) is 2. The van der Waals surface area contributed by atoms with Gasteiger partial charge in [0.25, 0.3) is 0 Å². The molecule has 1 heterocycles. The molecule has 1 saturated carbocycles. The fraction of sp³-hybridized carbons (Fsp3) is 0.650. The Balaban J connectivity index is 1.85. The fourth-order valence-electron chi connectivity index (χ4n) is 3.45. The number of amides is 1. The summed E-state index contributed by atoms with van der Waals surface area (Å²) in [7, 11) is 0. The van der Waals surface area contributed by atoms with Gasteiger partial charge in [0.05, 0.1) is 19.8 Å². The Labute approximate surface area is 150 Å².